The molecule has 0 bridgehead atoms. The first-order valence-electron chi connectivity index (χ1n) is 7.61. The number of amides is 1. The van der Waals surface area contributed by atoms with E-state index in [1.165, 1.54) is 43.5 Å². The normalized spacial score (nSPS) is 17.4. The van der Waals surface area contributed by atoms with Gasteiger partial charge in [0.1, 0.15) is 0 Å². The van der Waals surface area contributed by atoms with Crippen molar-refractivity contribution in [3.05, 3.63) is 58.5 Å². The van der Waals surface area contributed by atoms with Gasteiger partial charge >= 0.3 is 6.18 Å². The molecule has 0 saturated carbocycles. The summed E-state index contributed by atoms with van der Waals surface area (Å²) < 4.78 is 44.2. The highest BCUT2D eigenvalue weighted by molar-refractivity contribution is 8.18. The minimum Gasteiger partial charge on any atom is -0.504 e. The first kappa shape index (κ1) is 18.8. The van der Waals surface area contributed by atoms with Gasteiger partial charge in [0.2, 0.25) is 0 Å². The number of alkyl halides is 3. The summed E-state index contributed by atoms with van der Waals surface area (Å²) in [5, 5.41) is 12.1. The van der Waals surface area contributed by atoms with Crippen molar-refractivity contribution in [2.45, 2.75) is 6.18 Å². The lowest BCUT2D eigenvalue weighted by atomic mass is 10.2. The molecule has 5 nitrogen and oxygen atoms in total. The summed E-state index contributed by atoms with van der Waals surface area (Å²) in [4.78, 5) is 16.3. The first-order valence-corrected chi connectivity index (χ1v) is 8.42. The van der Waals surface area contributed by atoms with Crippen molar-refractivity contribution >= 4 is 34.6 Å². The maximum absolute atomic E-state index is 13.1. The van der Waals surface area contributed by atoms with Gasteiger partial charge in [-0.05, 0) is 47.7 Å². The Morgan fingerprint density at radius 3 is 2.67 bits per heavy atom. The van der Waals surface area contributed by atoms with E-state index >= 15 is 0 Å². The van der Waals surface area contributed by atoms with Crippen molar-refractivity contribution in [1.82, 2.24) is 5.32 Å². The molecule has 2 N–H and O–H groups in total. The number of hydrogen-bond donors (Lipinski definition) is 2. The van der Waals surface area contributed by atoms with Crippen LogP contribution >= 0.6 is 11.8 Å². The number of nitrogens with zero attached hydrogens (tertiary/aromatic N) is 1. The topological polar surface area (TPSA) is 70.9 Å². The lowest BCUT2D eigenvalue weighted by Crippen LogP contribution is -2.19. The highest BCUT2D eigenvalue weighted by Gasteiger charge is 2.34. The maximum atomic E-state index is 13.1. The molecule has 0 spiro atoms. The SMILES string of the molecule is COc1cc(C=C2SC(=Nc3ccccc3C(F)(F)F)NC2=O)ccc1O. The molecule has 2 aromatic carbocycles. The molecule has 9 heteroatoms. The number of thioether (sulfide) groups is 1. The molecule has 3 rings (SSSR count). The van der Waals surface area contributed by atoms with Gasteiger partial charge in [-0.2, -0.15) is 13.2 Å². The van der Waals surface area contributed by atoms with E-state index in [-0.39, 0.29) is 27.3 Å². The summed E-state index contributed by atoms with van der Waals surface area (Å²) in [6.45, 7) is 0. The van der Waals surface area contributed by atoms with Gasteiger partial charge in [-0.15, -0.1) is 0 Å². The number of aliphatic imine (C=N–C) groups is 1. The lowest BCUT2D eigenvalue weighted by Gasteiger charge is -2.09. The Kier molecular flexibility index (Phi) is 5.13. The van der Waals surface area contributed by atoms with E-state index in [1.54, 1.807) is 6.07 Å². The van der Waals surface area contributed by atoms with E-state index in [4.69, 9.17) is 4.74 Å². The lowest BCUT2D eigenvalue weighted by molar-refractivity contribution is -0.137. The number of carbonyl (C=O) groups is 1. The second-order valence-corrected chi connectivity index (χ2v) is 6.46. The van der Waals surface area contributed by atoms with Crippen LogP contribution in [0.25, 0.3) is 6.08 Å². The Morgan fingerprint density at radius 1 is 1.22 bits per heavy atom. The third kappa shape index (κ3) is 4.25. The van der Waals surface area contributed by atoms with Gasteiger partial charge in [-0.3, -0.25) is 4.79 Å². The van der Waals surface area contributed by atoms with Crippen LogP contribution in [0.3, 0.4) is 0 Å². The monoisotopic (exact) mass is 394 g/mol. The van der Waals surface area contributed by atoms with Gasteiger partial charge in [0.25, 0.3) is 5.91 Å². The number of para-hydroxylation sites is 1. The van der Waals surface area contributed by atoms with E-state index in [1.807, 2.05) is 0 Å². The van der Waals surface area contributed by atoms with E-state index in [0.717, 1.165) is 17.8 Å². The van der Waals surface area contributed by atoms with Crippen molar-refractivity contribution in [2.75, 3.05) is 7.11 Å². The summed E-state index contributed by atoms with van der Waals surface area (Å²) in [6.07, 6.45) is -3.02. The number of phenolic OH excluding ortho intramolecular Hbond substituents is 1. The van der Waals surface area contributed by atoms with Crippen LogP contribution < -0.4 is 10.1 Å². The van der Waals surface area contributed by atoms with Crippen LogP contribution in [0.2, 0.25) is 0 Å². The van der Waals surface area contributed by atoms with Crippen LogP contribution in [0.4, 0.5) is 18.9 Å². The van der Waals surface area contributed by atoms with Crippen molar-refractivity contribution in [3.63, 3.8) is 0 Å². The average Bonchev–Trinajstić information content (AvgIpc) is 2.95. The van der Waals surface area contributed by atoms with Crippen molar-refractivity contribution < 1.29 is 27.8 Å². The number of ether oxygens (including phenoxy) is 1. The molecule has 0 unspecified atom stereocenters. The molecular weight excluding hydrogens is 381 g/mol. The fourth-order valence-electron chi connectivity index (χ4n) is 2.34. The summed E-state index contributed by atoms with van der Waals surface area (Å²) >= 11 is 0.925. The van der Waals surface area contributed by atoms with Gasteiger partial charge in [0.15, 0.2) is 16.7 Å². The molecule has 1 saturated heterocycles. The molecule has 0 aromatic heterocycles. The number of methoxy groups -OCH3 is 1. The summed E-state index contributed by atoms with van der Waals surface area (Å²) in [7, 11) is 1.39. The van der Waals surface area contributed by atoms with Crippen LogP contribution in [0.5, 0.6) is 11.5 Å². The van der Waals surface area contributed by atoms with Crippen LogP contribution in [0, 0.1) is 0 Å². The van der Waals surface area contributed by atoms with Crippen LogP contribution in [-0.2, 0) is 11.0 Å². The summed E-state index contributed by atoms with van der Waals surface area (Å²) in [5.74, 6) is -0.287. The van der Waals surface area contributed by atoms with Crippen molar-refractivity contribution in [3.8, 4) is 11.5 Å². The Bertz CT molecular complexity index is 955. The molecule has 27 heavy (non-hydrogen) atoms. The maximum Gasteiger partial charge on any atom is 0.418 e. The molecule has 1 aliphatic heterocycles. The van der Waals surface area contributed by atoms with E-state index in [9.17, 15) is 23.1 Å². The molecule has 1 fully saturated rings. The fraction of sp³-hybridized carbons (Fsp3) is 0.111. The highest BCUT2D eigenvalue weighted by atomic mass is 32.2. The van der Waals surface area contributed by atoms with E-state index in [2.05, 4.69) is 10.3 Å². The number of phenols is 1. The zero-order chi connectivity index (χ0) is 19.6. The number of carbonyl (C=O) groups excluding carboxylic acids is 1. The number of aromatic hydroxyl groups is 1. The quantitative estimate of drug-likeness (QED) is 0.761. The van der Waals surface area contributed by atoms with Crippen LogP contribution in [-0.4, -0.2) is 23.3 Å². The number of hydrogen-bond acceptors (Lipinski definition) is 5. The van der Waals surface area contributed by atoms with Crippen molar-refractivity contribution in [2.24, 2.45) is 4.99 Å². The molecule has 1 amide bonds. The number of rotatable bonds is 3. The molecule has 1 aliphatic rings. The second-order valence-electron chi connectivity index (χ2n) is 5.43. The predicted molar refractivity (Wildman–Crippen MR) is 96.9 cm³/mol. The summed E-state index contributed by atoms with van der Waals surface area (Å²) in [5.41, 5.74) is -0.576. The number of nitrogens with one attached hydrogen (secondary N) is 1. The standard InChI is InChI=1S/C18H13F3N2O3S/c1-26-14-8-10(6-7-13(14)24)9-15-16(25)23-17(27-15)22-12-5-3-2-4-11(12)18(19,20)21/h2-9,24H,1H3,(H,22,23,25). The molecule has 0 aliphatic carbocycles. The first-order chi connectivity index (χ1) is 12.8. The van der Waals surface area contributed by atoms with Gasteiger partial charge < -0.3 is 15.2 Å². The minimum absolute atomic E-state index is 0.0471. The Balaban J connectivity index is 1.89. The van der Waals surface area contributed by atoms with Gasteiger partial charge in [-0.25, -0.2) is 4.99 Å². The highest BCUT2D eigenvalue weighted by Crippen LogP contribution is 2.37. The second kappa shape index (κ2) is 7.36. The van der Waals surface area contributed by atoms with Gasteiger partial charge in [0.05, 0.1) is 23.3 Å². The van der Waals surface area contributed by atoms with Gasteiger partial charge in [-0.1, -0.05) is 18.2 Å². The third-order valence-corrected chi connectivity index (χ3v) is 4.49. The molecule has 1 heterocycles. The third-order valence-electron chi connectivity index (χ3n) is 3.58. The molecular formula is C18H13F3N2O3S. The summed E-state index contributed by atoms with van der Waals surface area (Å²) in [6, 6.07) is 9.40. The number of amidine groups is 1. The van der Waals surface area contributed by atoms with Crippen molar-refractivity contribution in [1.29, 1.82) is 0 Å². The Labute approximate surface area is 156 Å². The molecule has 0 radical (unpaired) electrons. The molecule has 2 aromatic rings. The predicted octanol–water partition coefficient (Wildman–Crippen LogP) is 4.31. The number of halogens is 3. The van der Waals surface area contributed by atoms with E-state index in [0.29, 0.717) is 5.56 Å². The molecule has 140 valence electrons. The average molecular weight is 394 g/mol. The van der Waals surface area contributed by atoms with Crippen LogP contribution in [0.15, 0.2) is 52.4 Å². The minimum atomic E-state index is -4.55. The Hall–Kier alpha value is -2.94. The fourth-order valence-corrected chi connectivity index (χ4v) is 3.17. The smallest absolute Gasteiger partial charge is 0.418 e. The molecule has 0 atom stereocenters. The largest absolute Gasteiger partial charge is 0.504 e. The number of benzene rings is 2. The van der Waals surface area contributed by atoms with Gasteiger partial charge in [0, 0.05) is 0 Å². The Morgan fingerprint density at radius 2 is 1.96 bits per heavy atom. The zero-order valence-electron chi connectivity index (χ0n) is 13.9. The van der Waals surface area contributed by atoms with Crippen LogP contribution in [0.1, 0.15) is 11.1 Å². The zero-order valence-corrected chi connectivity index (χ0v) is 14.7. The van der Waals surface area contributed by atoms with E-state index < -0.39 is 17.6 Å².